The minimum absolute atomic E-state index is 0.190. The third-order valence-electron chi connectivity index (χ3n) is 3.74. The molecule has 1 aromatic rings. The van der Waals surface area contributed by atoms with Gasteiger partial charge in [-0.2, -0.15) is 0 Å². The van der Waals surface area contributed by atoms with Gasteiger partial charge in [-0.1, -0.05) is 34.8 Å². The van der Waals surface area contributed by atoms with Crippen molar-refractivity contribution >= 4 is 15.9 Å². The summed E-state index contributed by atoms with van der Waals surface area (Å²) in [5.41, 5.74) is 1.12. The molecule has 17 heavy (non-hydrogen) atoms. The largest absolute Gasteiger partial charge is 0.310 e. The molecule has 3 heteroatoms. The summed E-state index contributed by atoms with van der Waals surface area (Å²) in [6.45, 7) is 3.06. The van der Waals surface area contributed by atoms with Gasteiger partial charge in [0.05, 0.1) is 0 Å². The second kappa shape index (κ2) is 5.96. The molecule has 1 N–H and O–H groups in total. The number of nitrogens with one attached hydrogen (secondary N) is 1. The van der Waals surface area contributed by atoms with Crippen molar-refractivity contribution in [2.45, 2.75) is 45.2 Å². The first kappa shape index (κ1) is 13.0. The van der Waals surface area contributed by atoms with E-state index in [2.05, 4.69) is 28.2 Å². The van der Waals surface area contributed by atoms with E-state index in [4.69, 9.17) is 0 Å². The zero-order chi connectivity index (χ0) is 12.3. The molecule has 1 saturated carbocycles. The van der Waals surface area contributed by atoms with E-state index in [1.807, 2.05) is 6.07 Å². The molecule has 0 unspecified atom stereocenters. The molecule has 0 radical (unpaired) electrons. The lowest BCUT2D eigenvalue weighted by atomic mass is 9.99. The third-order valence-corrected chi connectivity index (χ3v) is 4.47. The molecule has 1 aliphatic rings. The molecule has 1 nitrogen and oxygen atoms in total. The molecule has 0 heterocycles. The van der Waals surface area contributed by atoms with Crippen LogP contribution in [0.15, 0.2) is 22.7 Å². The Kier molecular flexibility index (Phi) is 4.57. The van der Waals surface area contributed by atoms with Crippen LogP contribution in [0.5, 0.6) is 0 Å². The highest BCUT2D eigenvalue weighted by Gasteiger charge is 2.20. The smallest absolute Gasteiger partial charge is 0.124 e. The zero-order valence-electron chi connectivity index (χ0n) is 10.2. The van der Waals surface area contributed by atoms with E-state index in [1.165, 1.54) is 37.8 Å². The second-order valence-corrected chi connectivity index (χ2v) is 5.80. The predicted molar refractivity (Wildman–Crippen MR) is 72.4 cm³/mol. The Morgan fingerprint density at radius 2 is 2.12 bits per heavy atom. The van der Waals surface area contributed by atoms with Crippen LogP contribution in [-0.4, -0.2) is 6.04 Å². The van der Waals surface area contributed by atoms with Crippen LogP contribution < -0.4 is 5.32 Å². The van der Waals surface area contributed by atoms with Gasteiger partial charge >= 0.3 is 0 Å². The van der Waals surface area contributed by atoms with Crippen LogP contribution in [0.1, 0.15) is 38.2 Å². The molecular formula is C14H19BrFN. The molecule has 2 rings (SSSR count). The number of halogens is 2. The van der Waals surface area contributed by atoms with Crippen LogP contribution in [0.2, 0.25) is 0 Å². The lowest BCUT2D eigenvalue weighted by Gasteiger charge is -2.20. The van der Waals surface area contributed by atoms with Gasteiger partial charge in [-0.15, -0.1) is 0 Å². The van der Waals surface area contributed by atoms with Gasteiger partial charge in [-0.3, -0.25) is 0 Å². The lowest BCUT2D eigenvalue weighted by Crippen LogP contribution is -2.31. The van der Waals surface area contributed by atoms with E-state index in [1.54, 1.807) is 0 Å². The standard InChI is InChI=1S/C14H19BrFN/c1-10(11-4-2-3-5-11)17-9-12-6-7-13(16)8-14(12)15/h6-8,10-11,17H,2-5,9H2,1H3/t10-/m1/s1. The summed E-state index contributed by atoms with van der Waals surface area (Å²) in [4.78, 5) is 0. The lowest BCUT2D eigenvalue weighted by molar-refractivity contribution is 0.380. The van der Waals surface area contributed by atoms with E-state index < -0.39 is 0 Å². The highest BCUT2D eigenvalue weighted by atomic mass is 79.9. The Balaban J connectivity index is 1.88. The fourth-order valence-electron chi connectivity index (χ4n) is 2.56. The third kappa shape index (κ3) is 3.52. The van der Waals surface area contributed by atoms with Crippen LogP contribution in [-0.2, 0) is 6.54 Å². The van der Waals surface area contributed by atoms with Gasteiger partial charge in [0.1, 0.15) is 5.82 Å². The fraction of sp³-hybridized carbons (Fsp3) is 0.571. The summed E-state index contributed by atoms with van der Waals surface area (Å²) in [6.07, 6.45) is 5.44. The van der Waals surface area contributed by atoms with Crippen molar-refractivity contribution in [3.63, 3.8) is 0 Å². The molecule has 1 fully saturated rings. The van der Waals surface area contributed by atoms with Crippen molar-refractivity contribution in [1.82, 2.24) is 5.32 Å². The van der Waals surface area contributed by atoms with Crippen molar-refractivity contribution in [3.05, 3.63) is 34.1 Å². The monoisotopic (exact) mass is 299 g/mol. The molecule has 94 valence electrons. The summed E-state index contributed by atoms with van der Waals surface area (Å²) >= 11 is 3.40. The number of hydrogen-bond acceptors (Lipinski definition) is 1. The number of benzene rings is 1. The summed E-state index contributed by atoms with van der Waals surface area (Å²) in [6, 6.07) is 5.43. The molecule has 0 bridgehead atoms. The maximum absolute atomic E-state index is 12.9. The molecule has 0 aliphatic heterocycles. The van der Waals surface area contributed by atoms with Gasteiger partial charge in [-0.25, -0.2) is 4.39 Å². The summed E-state index contributed by atoms with van der Waals surface area (Å²) in [5.74, 6) is 0.624. The molecule has 0 spiro atoms. The van der Waals surface area contributed by atoms with Crippen molar-refractivity contribution in [2.75, 3.05) is 0 Å². The van der Waals surface area contributed by atoms with Crippen molar-refractivity contribution in [2.24, 2.45) is 5.92 Å². The molecular weight excluding hydrogens is 281 g/mol. The van der Waals surface area contributed by atoms with Crippen LogP contribution in [0.25, 0.3) is 0 Å². The second-order valence-electron chi connectivity index (χ2n) is 4.95. The molecule has 0 saturated heterocycles. The van der Waals surface area contributed by atoms with E-state index >= 15 is 0 Å². The van der Waals surface area contributed by atoms with E-state index in [0.29, 0.717) is 6.04 Å². The molecule has 0 amide bonds. The Morgan fingerprint density at radius 3 is 2.76 bits per heavy atom. The first-order valence-electron chi connectivity index (χ1n) is 6.34. The van der Waals surface area contributed by atoms with Crippen molar-refractivity contribution in [3.8, 4) is 0 Å². The van der Waals surface area contributed by atoms with Crippen LogP contribution in [0.4, 0.5) is 4.39 Å². The molecule has 1 aromatic carbocycles. The van der Waals surface area contributed by atoms with Crippen molar-refractivity contribution < 1.29 is 4.39 Å². The van der Waals surface area contributed by atoms with Gasteiger partial charge in [0.15, 0.2) is 0 Å². The van der Waals surface area contributed by atoms with Gasteiger partial charge in [0, 0.05) is 17.1 Å². The summed E-state index contributed by atoms with van der Waals surface area (Å²) in [5, 5.41) is 3.55. The topological polar surface area (TPSA) is 12.0 Å². The Labute approximate surface area is 111 Å². The highest BCUT2D eigenvalue weighted by Crippen LogP contribution is 2.28. The van der Waals surface area contributed by atoms with Gasteiger partial charge in [0.25, 0.3) is 0 Å². The SMILES string of the molecule is C[C@@H](NCc1ccc(F)cc1Br)C1CCCC1. The maximum Gasteiger partial charge on any atom is 0.124 e. The average Bonchev–Trinajstić information content (AvgIpc) is 2.81. The quantitative estimate of drug-likeness (QED) is 0.876. The summed E-state index contributed by atoms with van der Waals surface area (Å²) in [7, 11) is 0. The zero-order valence-corrected chi connectivity index (χ0v) is 11.8. The van der Waals surface area contributed by atoms with Gasteiger partial charge < -0.3 is 5.32 Å². The van der Waals surface area contributed by atoms with E-state index in [9.17, 15) is 4.39 Å². The van der Waals surface area contributed by atoms with Gasteiger partial charge in [0.2, 0.25) is 0 Å². The minimum Gasteiger partial charge on any atom is -0.310 e. The Morgan fingerprint density at radius 1 is 1.41 bits per heavy atom. The van der Waals surface area contributed by atoms with Crippen LogP contribution >= 0.6 is 15.9 Å². The normalized spacial score (nSPS) is 18.5. The predicted octanol–water partition coefficient (Wildman–Crippen LogP) is 4.26. The molecule has 1 atom stereocenters. The number of hydrogen-bond donors (Lipinski definition) is 1. The molecule has 1 aliphatic carbocycles. The Bertz CT molecular complexity index is 374. The van der Waals surface area contributed by atoms with Crippen LogP contribution in [0.3, 0.4) is 0 Å². The fourth-order valence-corrected chi connectivity index (χ4v) is 3.05. The summed E-state index contributed by atoms with van der Waals surface area (Å²) < 4.78 is 13.8. The van der Waals surface area contributed by atoms with E-state index in [-0.39, 0.29) is 5.82 Å². The van der Waals surface area contributed by atoms with Crippen molar-refractivity contribution in [1.29, 1.82) is 0 Å². The maximum atomic E-state index is 12.9. The first-order chi connectivity index (χ1) is 8.16. The Hall–Kier alpha value is -0.410. The highest BCUT2D eigenvalue weighted by molar-refractivity contribution is 9.10. The molecule has 0 aromatic heterocycles. The van der Waals surface area contributed by atoms with E-state index in [0.717, 1.165) is 22.5 Å². The first-order valence-corrected chi connectivity index (χ1v) is 7.13. The van der Waals surface area contributed by atoms with Crippen LogP contribution in [0, 0.1) is 11.7 Å². The minimum atomic E-state index is -0.190. The average molecular weight is 300 g/mol. The van der Waals surface area contributed by atoms with Gasteiger partial charge in [-0.05, 0) is 43.4 Å². The number of rotatable bonds is 4.